The lowest BCUT2D eigenvalue weighted by atomic mass is 10.1. The molecule has 0 amide bonds. The molecule has 0 unspecified atom stereocenters. The SMILES string of the molecule is CCNCc1coc(OCCC(C)C)n1. The summed E-state index contributed by atoms with van der Waals surface area (Å²) in [6.07, 6.45) is 3.03. The van der Waals surface area contributed by atoms with Gasteiger partial charge in [0, 0.05) is 6.54 Å². The molecule has 0 saturated heterocycles. The van der Waals surface area contributed by atoms with Crippen LogP contribution in [0, 0.1) is 5.92 Å². The van der Waals surface area contributed by atoms with Crippen molar-refractivity contribution in [1.29, 1.82) is 0 Å². The Bertz CT molecular complexity index is 271. The Hall–Kier alpha value is -1.03. The number of ether oxygens (including phenoxy) is 1. The van der Waals surface area contributed by atoms with Crippen LogP contribution in [-0.4, -0.2) is 18.1 Å². The fourth-order valence-corrected chi connectivity index (χ4v) is 1.07. The third-order valence-electron chi connectivity index (χ3n) is 2.01. The van der Waals surface area contributed by atoms with Crippen molar-refractivity contribution in [2.24, 2.45) is 5.92 Å². The lowest BCUT2D eigenvalue weighted by Crippen LogP contribution is -2.11. The van der Waals surface area contributed by atoms with Gasteiger partial charge in [0.15, 0.2) is 0 Å². The molecule has 4 nitrogen and oxygen atoms in total. The number of nitrogens with zero attached hydrogens (tertiary/aromatic N) is 1. The van der Waals surface area contributed by atoms with Crippen molar-refractivity contribution in [1.82, 2.24) is 10.3 Å². The van der Waals surface area contributed by atoms with Gasteiger partial charge in [0.2, 0.25) is 0 Å². The van der Waals surface area contributed by atoms with E-state index in [0.717, 1.165) is 25.2 Å². The summed E-state index contributed by atoms with van der Waals surface area (Å²) >= 11 is 0. The number of aromatic nitrogens is 1. The Morgan fingerprint density at radius 1 is 1.53 bits per heavy atom. The van der Waals surface area contributed by atoms with Gasteiger partial charge in [-0.25, -0.2) is 0 Å². The first-order chi connectivity index (χ1) is 7.22. The molecule has 0 aliphatic rings. The quantitative estimate of drug-likeness (QED) is 0.752. The highest BCUT2D eigenvalue weighted by Gasteiger charge is 2.04. The van der Waals surface area contributed by atoms with Crippen molar-refractivity contribution in [3.8, 4) is 6.08 Å². The van der Waals surface area contributed by atoms with E-state index in [-0.39, 0.29) is 0 Å². The van der Waals surface area contributed by atoms with Crippen LogP contribution >= 0.6 is 0 Å². The molecule has 0 aromatic carbocycles. The summed E-state index contributed by atoms with van der Waals surface area (Å²) in [5.41, 5.74) is 0.886. The van der Waals surface area contributed by atoms with Crippen molar-refractivity contribution in [3.05, 3.63) is 12.0 Å². The van der Waals surface area contributed by atoms with E-state index in [1.165, 1.54) is 0 Å². The smallest absolute Gasteiger partial charge is 0.393 e. The van der Waals surface area contributed by atoms with Crippen LogP contribution in [0.5, 0.6) is 6.08 Å². The first kappa shape index (κ1) is 12.0. The van der Waals surface area contributed by atoms with Gasteiger partial charge in [-0.05, 0) is 18.9 Å². The fraction of sp³-hybridized carbons (Fsp3) is 0.727. The minimum Gasteiger partial charge on any atom is -0.450 e. The molecular weight excluding hydrogens is 192 g/mol. The predicted molar refractivity (Wildman–Crippen MR) is 58.8 cm³/mol. The number of hydrogen-bond donors (Lipinski definition) is 1. The van der Waals surface area contributed by atoms with E-state index in [9.17, 15) is 0 Å². The van der Waals surface area contributed by atoms with Gasteiger partial charge < -0.3 is 14.5 Å². The Labute approximate surface area is 91.0 Å². The second-order valence-electron chi connectivity index (χ2n) is 3.92. The topological polar surface area (TPSA) is 47.3 Å². The van der Waals surface area contributed by atoms with Gasteiger partial charge in [-0.3, -0.25) is 0 Å². The van der Waals surface area contributed by atoms with E-state index in [1.54, 1.807) is 6.26 Å². The van der Waals surface area contributed by atoms with Gasteiger partial charge in [-0.2, -0.15) is 4.98 Å². The summed E-state index contributed by atoms with van der Waals surface area (Å²) < 4.78 is 10.5. The van der Waals surface area contributed by atoms with E-state index < -0.39 is 0 Å². The molecule has 1 aromatic rings. The molecule has 15 heavy (non-hydrogen) atoms. The minimum atomic E-state index is 0.378. The van der Waals surface area contributed by atoms with E-state index in [2.05, 4.69) is 31.1 Å². The van der Waals surface area contributed by atoms with Gasteiger partial charge in [0.05, 0.1) is 12.3 Å². The van der Waals surface area contributed by atoms with Crippen LogP contribution < -0.4 is 10.1 Å². The lowest BCUT2D eigenvalue weighted by Gasteiger charge is -2.03. The van der Waals surface area contributed by atoms with Crippen molar-refractivity contribution >= 4 is 0 Å². The summed E-state index contributed by atoms with van der Waals surface area (Å²) in [5.74, 6) is 0.640. The van der Waals surface area contributed by atoms with Gasteiger partial charge in [-0.15, -0.1) is 0 Å². The van der Waals surface area contributed by atoms with Crippen LogP contribution in [0.4, 0.5) is 0 Å². The highest BCUT2D eigenvalue weighted by molar-refractivity contribution is 4.99. The summed E-state index contributed by atoms with van der Waals surface area (Å²) in [6, 6.07) is 0. The third-order valence-corrected chi connectivity index (χ3v) is 2.01. The zero-order valence-electron chi connectivity index (χ0n) is 9.75. The van der Waals surface area contributed by atoms with Crippen molar-refractivity contribution < 1.29 is 9.15 Å². The first-order valence-electron chi connectivity index (χ1n) is 5.50. The molecule has 86 valence electrons. The molecule has 0 atom stereocenters. The molecule has 0 aliphatic carbocycles. The number of nitrogens with one attached hydrogen (secondary N) is 1. The largest absolute Gasteiger partial charge is 0.450 e. The van der Waals surface area contributed by atoms with Crippen LogP contribution in [0.1, 0.15) is 32.9 Å². The molecule has 1 aromatic heterocycles. The highest BCUT2D eigenvalue weighted by atomic mass is 16.6. The summed E-state index contributed by atoms with van der Waals surface area (Å²) in [6.45, 7) is 8.70. The standard InChI is InChI=1S/C11H20N2O2/c1-4-12-7-10-8-15-11(13-10)14-6-5-9(2)3/h8-9,12H,4-7H2,1-3H3. The Kier molecular flexibility index (Phi) is 5.18. The zero-order valence-corrected chi connectivity index (χ0v) is 9.75. The van der Waals surface area contributed by atoms with Crippen LogP contribution in [0.2, 0.25) is 0 Å². The van der Waals surface area contributed by atoms with Gasteiger partial charge in [0.25, 0.3) is 0 Å². The highest BCUT2D eigenvalue weighted by Crippen LogP contribution is 2.11. The van der Waals surface area contributed by atoms with Crippen LogP contribution in [0.15, 0.2) is 10.7 Å². The first-order valence-corrected chi connectivity index (χ1v) is 5.50. The second-order valence-corrected chi connectivity index (χ2v) is 3.92. The normalized spacial score (nSPS) is 10.9. The monoisotopic (exact) mass is 212 g/mol. The molecular formula is C11H20N2O2. The van der Waals surface area contributed by atoms with E-state index in [0.29, 0.717) is 18.6 Å². The van der Waals surface area contributed by atoms with Gasteiger partial charge in [-0.1, -0.05) is 20.8 Å². The second kappa shape index (κ2) is 6.45. The molecule has 0 saturated carbocycles. The van der Waals surface area contributed by atoms with Gasteiger partial charge >= 0.3 is 6.08 Å². The average molecular weight is 212 g/mol. The fourth-order valence-electron chi connectivity index (χ4n) is 1.07. The molecule has 4 heteroatoms. The summed E-state index contributed by atoms with van der Waals surface area (Å²) in [4.78, 5) is 4.19. The molecule has 0 spiro atoms. The predicted octanol–water partition coefficient (Wildman–Crippen LogP) is 2.21. The molecule has 0 bridgehead atoms. The molecule has 1 heterocycles. The molecule has 0 radical (unpaired) electrons. The maximum atomic E-state index is 5.37. The minimum absolute atomic E-state index is 0.378. The lowest BCUT2D eigenvalue weighted by molar-refractivity contribution is 0.216. The molecule has 0 fully saturated rings. The van der Waals surface area contributed by atoms with E-state index in [1.807, 2.05) is 0 Å². The summed E-state index contributed by atoms with van der Waals surface area (Å²) in [5, 5.41) is 3.17. The summed E-state index contributed by atoms with van der Waals surface area (Å²) in [7, 11) is 0. The van der Waals surface area contributed by atoms with Crippen molar-refractivity contribution in [2.75, 3.05) is 13.2 Å². The maximum Gasteiger partial charge on any atom is 0.393 e. The van der Waals surface area contributed by atoms with Crippen LogP contribution in [0.3, 0.4) is 0 Å². The number of hydrogen-bond acceptors (Lipinski definition) is 4. The third kappa shape index (κ3) is 4.83. The Balaban J connectivity index is 2.26. The molecule has 1 N–H and O–H groups in total. The van der Waals surface area contributed by atoms with Crippen LogP contribution in [-0.2, 0) is 6.54 Å². The van der Waals surface area contributed by atoms with E-state index in [4.69, 9.17) is 9.15 Å². The van der Waals surface area contributed by atoms with E-state index >= 15 is 0 Å². The number of oxazole rings is 1. The van der Waals surface area contributed by atoms with Crippen molar-refractivity contribution in [3.63, 3.8) is 0 Å². The average Bonchev–Trinajstić information content (AvgIpc) is 2.62. The molecule has 0 aliphatic heterocycles. The Morgan fingerprint density at radius 2 is 2.33 bits per heavy atom. The number of rotatable bonds is 7. The zero-order chi connectivity index (χ0) is 11.1. The van der Waals surface area contributed by atoms with Crippen molar-refractivity contribution in [2.45, 2.75) is 33.7 Å². The van der Waals surface area contributed by atoms with Crippen LogP contribution in [0.25, 0.3) is 0 Å². The Morgan fingerprint density at radius 3 is 3.00 bits per heavy atom. The maximum absolute atomic E-state index is 5.37. The molecule has 1 rings (SSSR count). The van der Waals surface area contributed by atoms with Gasteiger partial charge in [0.1, 0.15) is 6.26 Å².